The Kier molecular flexibility index (Phi) is 26.6. The minimum absolute atomic E-state index is 0. The summed E-state index contributed by atoms with van der Waals surface area (Å²) in [4.78, 5) is 42.5. The fourth-order valence-electron chi connectivity index (χ4n) is 12.4. The van der Waals surface area contributed by atoms with E-state index >= 15 is 0 Å². The molecule has 8 atom stereocenters. The number of esters is 1. The number of nitrogens with one attached hydrogen (secondary N) is 3. The normalized spacial score (nSPS) is 26.2. The Labute approximate surface area is 462 Å². The molecule has 3 saturated carbocycles. The second kappa shape index (κ2) is 30.5. The number of benzene rings is 1. The average molecular weight is 1190 g/mol. The van der Waals surface area contributed by atoms with E-state index in [9.17, 15) is 44.3 Å². The Morgan fingerprint density at radius 1 is 0.731 bits per heavy atom. The third-order valence-electron chi connectivity index (χ3n) is 16.3. The van der Waals surface area contributed by atoms with Gasteiger partial charge in [-0.15, -0.1) is 0 Å². The Balaban J connectivity index is 0.000000614. The number of rotatable bonds is 12. The van der Waals surface area contributed by atoms with Crippen molar-refractivity contribution in [1.82, 2.24) is 25.4 Å². The van der Waals surface area contributed by atoms with Crippen LogP contribution in [0.5, 0.6) is 0 Å². The molecule has 4 aliphatic carbocycles. The highest BCUT2D eigenvalue weighted by molar-refractivity contribution is 5.73. The zero-order valence-corrected chi connectivity index (χ0v) is 46.8. The van der Waals surface area contributed by atoms with E-state index in [1.54, 1.807) is 5.57 Å². The number of hydrogen-bond acceptors (Lipinski definition) is 9. The maximum absolute atomic E-state index is 13.3. The number of nitrogens with zero attached hydrogens (tertiary/aromatic N) is 3. The van der Waals surface area contributed by atoms with Crippen LogP contribution < -0.4 is 37.5 Å². The molecule has 14 nitrogen and oxygen atoms in total. The summed E-state index contributed by atoms with van der Waals surface area (Å²) < 4.78 is 106. The zero-order chi connectivity index (χ0) is 57.4. The number of carbonyl (C=O) groups excluding carboxylic acids is 1. The third-order valence-corrected chi connectivity index (χ3v) is 16.3. The summed E-state index contributed by atoms with van der Waals surface area (Å²) in [5.74, 6) is -3.30. The molecule has 1 saturated heterocycles. The van der Waals surface area contributed by atoms with E-state index in [1.807, 2.05) is 17.1 Å². The summed E-state index contributed by atoms with van der Waals surface area (Å²) in [7, 11) is 0. The number of ether oxygens (including phenoxy) is 1. The first-order chi connectivity index (χ1) is 35.9. The lowest BCUT2D eigenvalue weighted by Gasteiger charge is -2.58. The summed E-state index contributed by atoms with van der Waals surface area (Å²) in [5.41, 5.74) is 5.00. The monoisotopic (exact) mass is 1190 g/mol. The SMILES string of the molecule is CC(C)CCC[C@@H](C)[C@H]1CC[C@H]2[C@@H]3CC=C4C[C@@H](OC(=O)Cn5cc[n+](Cc6ccc(CN7CCNCCNCCNCC7)cc6)c5)CC[C@]4(C)[C@H]3CC[C@]12C.O=C(O)C(F)(F)F.O=C(O)C(F)(F)F.O=C(O)C(F)(F)F.[Br-]. The van der Waals surface area contributed by atoms with Crippen LogP contribution in [0.3, 0.4) is 0 Å². The molecule has 5 aliphatic rings. The van der Waals surface area contributed by atoms with Gasteiger partial charge in [-0.1, -0.05) is 89.8 Å². The Morgan fingerprint density at radius 2 is 1.26 bits per heavy atom. The van der Waals surface area contributed by atoms with Crippen LogP contribution in [-0.4, -0.2) is 126 Å². The fourth-order valence-corrected chi connectivity index (χ4v) is 12.4. The first-order valence-corrected chi connectivity index (χ1v) is 26.7. The summed E-state index contributed by atoms with van der Waals surface area (Å²) >= 11 is 0. The molecule has 4 fully saturated rings. The molecule has 0 radical (unpaired) electrons. The quantitative estimate of drug-likeness (QED) is 0.0608. The van der Waals surface area contributed by atoms with Gasteiger partial charge in [-0.3, -0.25) is 4.90 Å². The van der Waals surface area contributed by atoms with E-state index in [0.717, 1.165) is 120 Å². The van der Waals surface area contributed by atoms with E-state index in [2.05, 4.69) is 96.6 Å². The number of aromatic nitrogens is 2. The largest absolute Gasteiger partial charge is 1.00 e. The molecular weight excluding hydrogens is 1110 g/mol. The lowest BCUT2D eigenvalue weighted by atomic mass is 9.47. The average Bonchev–Trinajstić information content (AvgIpc) is 3.96. The van der Waals surface area contributed by atoms with E-state index in [4.69, 9.17) is 34.4 Å². The molecule has 6 N–H and O–H groups in total. The van der Waals surface area contributed by atoms with Gasteiger partial charge < -0.3 is 53.0 Å². The molecule has 1 aromatic heterocycles. The van der Waals surface area contributed by atoms with Crippen molar-refractivity contribution >= 4 is 23.9 Å². The highest BCUT2D eigenvalue weighted by Gasteiger charge is 2.59. The van der Waals surface area contributed by atoms with Gasteiger partial charge >= 0.3 is 42.4 Å². The van der Waals surface area contributed by atoms with E-state index < -0.39 is 36.4 Å². The van der Waals surface area contributed by atoms with Crippen molar-refractivity contribution in [3.63, 3.8) is 0 Å². The lowest BCUT2D eigenvalue weighted by Crippen LogP contribution is -3.00. The van der Waals surface area contributed by atoms with E-state index in [1.165, 1.54) is 62.5 Å². The molecule has 444 valence electrons. The number of carboxylic acids is 3. The molecule has 2 heterocycles. The Morgan fingerprint density at radius 3 is 1.78 bits per heavy atom. The predicted molar refractivity (Wildman–Crippen MR) is 268 cm³/mol. The van der Waals surface area contributed by atoms with Crippen LogP contribution in [0.1, 0.15) is 116 Å². The minimum Gasteiger partial charge on any atom is -1.00 e. The van der Waals surface area contributed by atoms with Gasteiger partial charge in [0.1, 0.15) is 25.0 Å². The number of carbonyl (C=O) groups is 4. The number of hydrogen-bond donors (Lipinski definition) is 6. The number of carboxylic acid groups (broad SMARTS) is 3. The van der Waals surface area contributed by atoms with Gasteiger partial charge in [-0.25, -0.2) is 28.3 Å². The summed E-state index contributed by atoms with van der Waals surface area (Å²) in [6.45, 7) is 22.8. The van der Waals surface area contributed by atoms with Crippen LogP contribution in [0.4, 0.5) is 39.5 Å². The van der Waals surface area contributed by atoms with Crippen LogP contribution in [0, 0.1) is 46.3 Å². The molecule has 1 aromatic carbocycles. The van der Waals surface area contributed by atoms with Gasteiger partial charge in [-0.2, -0.15) is 39.5 Å². The molecule has 0 spiro atoms. The molecular formula is C54H80BrF9N6O8. The second-order valence-corrected chi connectivity index (χ2v) is 22.2. The number of allylic oxidation sites excluding steroid dienone is 1. The van der Waals surface area contributed by atoms with Crippen LogP contribution >= 0.6 is 0 Å². The Hall–Kier alpha value is -4.26. The molecule has 0 bridgehead atoms. The molecule has 0 unspecified atom stereocenters. The maximum atomic E-state index is 13.3. The summed E-state index contributed by atoms with van der Waals surface area (Å²) in [6, 6.07) is 9.04. The van der Waals surface area contributed by atoms with E-state index in [-0.39, 0.29) is 41.0 Å². The van der Waals surface area contributed by atoms with Crippen LogP contribution in [0.25, 0.3) is 0 Å². The number of halogens is 10. The number of fused-ring (bicyclic) bond motifs is 5. The second-order valence-electron chi connectivity index (χ2n) is 22.2. The lowest BCUT2D eigenvalue weighted by molar-refractivity contribution is -0.687. The molecule has 7 rings (SSSR count). The van der Waals surface area contributed by atoms with Crippen molar-refractivity contribution in [2.45, 2.75) is 150 Å². The van der Waals surface area contributed by atoms with Crippen molar-refractivity contribution in [2.24, 2.45) is 46.3 Å². The smallest absolute Gasteiger partial charge is 0.490 e. The van der Waals surface area contributed by atoms with Crippen molar-refractivity contribution in [1.29, 1.82) is 0 Å². The highest BCUT2D eigenvalue weighted by Crippen LogP contribution is 2.67. The first kappa shape index (κ1) is 68.0. The third kappa shape index (κ3) is 21.0. The molecule has 24 heteroatoms. The number of aliphatic carboxylic acids is 3. The summed E-state index contributed by atoms with van der Waals surface area (Å²) in [6.07, 6.45) is 7.67. The van der Waals surface area contributed by atoms with Crippen LogP contribution in [-0.2, 0) is 43.5 Å². The van der Waals surface area contributed by atoms with Gasteiger partial charge in [0.25, 0.3) is 0 Å². The maximum Gasteiger partial charge on any atom is 0.490 e. The van der Waals surface area contributed by atoms with Gasteiger partial charge in [0.15, 0.2) is 6.54 Å². The zero-order valence-electron chi connectivity index (χ0n) is 45.2. The summed E-state index contributed by atoms with van der Waals surface area (Å²) in [5, 5.41) is 32.0. The Bertz CT molecular complexity index is 2160. The van der Waals surface area contributed by atoms with Gasteiger partial charge in [0.05, 0.1) is 0 Å². The van der Waals surface area contributed by atoms with Crippen molar-refractivity contribution < 1.29 is 100 Å². The number of imidazole rings is 1. The minimum atomic E-state index is -5.08. The van der Waals surface area contributed by atoms with E-state index in [0.29, 0.717) is 5.41 Å². The molecule has 0 amide bonds. The van der Waals surface area contributed by atoms with Gasteiger partial charge in [0, 0.05) is 65.3 Å². The fraction of sp³-hybridized carbons (Fsp3) is 0.722. The first-order valence-electron chi connectivity index (χ1n) is 26.7. The van der Waals surface area contributed by atoms with Gasteiger partial charge in [0.2, 0.25) is 6.33 Å². The molecule has 1 aliphatic heterocycles. The standard InChI is InChI=1S/C48H77N6O2.3C2HF3O2.BrH/c1-36(2)7-6-8-37(3)43-15-16-44-42-14-13-40-31-41(17-19-47(40,4)45(42)18-20-48(43,44)5)56-46(55)34-54-30-29-53(35-54)33-39-11-9-38(10-12-39)32-52-27-25-50-23-21-49-22-24-51-26-28-52;3*3-2(4,5)1(6)7;/h9-13,29-30,35-37,41-45,49-51H,6-8,14-28,31-34H2,1-5H3;3*(H,6,7);1H/q+1;;;;/p-1/t37-,41+,42+,43-,44+,45+,47+,48-;;;;/m1..../s1. The van der Waals surface area contributed by atoms with Gasteiger partial charge in [-0.05, 0) is 102 Å². The molecule has 2 aromatic rings. The topological polar surface area (TPSA) is 186 Å². The molecule has 78 heavy (non-hydrogen) atoms. The van der Waals surface area contributed by atoms with Crippen LogP contribution in [0.15, 0.2) is 54.6 Å². The van der Waals surface area contributed by atoms with Crippen molar-refractivity contribution in [3.05, 3.63) is 65.8 Å². The van der Waals surface area contributed by atoms with Crippen molar-refractivity contribution in [3.8, 4) is 0 Å². The highest BCUT2D eigenvalue weighted by atomic mass is 79.9. The van der Waals surface area contributed by atoms with Crippen molar-refractivity contribution in [2.75, 3.05) is 52.4 Å². The van der Waals surface area contributed by atoms with Crippen LogP contribution in [0.2, 0.25) is 0 Å². The predicted octanol–water partition coefficient (Wildman–Crippen LogP) is 6.27. The number of alkyl halides is 9.